The number of rotatable bonds is 10. The van der Waals surface area contributed by atoms with Gasteiger partial charge in [0, 0.05) is 18.7 Å². The molecule has 3 rings (SSSR count). The van der Waals surface area contributed by atoms with Gasteiger partial charge in [0.1, 0.15) is 17.4 Å². The van der Waals surface area contributed by atoms with Gasteiger partial charge in [-0.1, -0.05) is 48.3 Å². The van der Waals surface area contributed by atoms with Gasteiger partial charge < -0.3 is 21.1 Å². The van der Waals surface area contributed by atoms with E-state index in [1.54, 1.807) is 42.5 Å². The highest BCUT2D eigenvalue weighted by atomic mass is 35.5. The minimum Gasteiger partial charge on any atom is -0.480 e. The first-order chi connectivity index (χ1) is 15.7. The van der Waals surface area contributed by atoms with Crippen molar-refractivity contribution in [1.29, 1.82) is 0 Å². The first kappa shape index (κ1) is 24.3. The van der Waals surface area contributed by atoms with E-state index in [-0.39, 0.29) is 33.4 Å². The molecule has 3 aromatic carbocycles. The molecule has 0 aliphatic heterocycles. The summed E-state index contributed by atoms with van der Waals surface area (Å²) < 4.78 is 0. The van der Waals surface area contributed by atoms with Gasteiger partial charge in [-0.05, 0) is 36.2 Å². The molecule has 8 nitrogen and oxygen atoms in total. The van der Waals surface area contributed by atoms with Crippen molar-refractivity contribution in [2.75, 3.05) is 22.5 Å². The second-order valence-electron chi connectivity index (χ2n) is 7.32. The molecule has 0 radical (unpaired) electrons. The fraction of sp³-hybridized carbons (Fsp3) is 0.217. The van der Waals surface area contributed by atoms with Gasteiger partial charge in [0.05, 0.1) is 15.6 Å². The number of amides is 1. The maximum Gasteiger partial charge on any atom is 0.326 e. The van der Waals surface area contributed by atoms with Gasteiger partial charge in [-0.25, -0.2) is 4.79 Å². The smallest absolute Gasteiger partial charge is 0.326 e. The Morgan fingerprint density at radius 3 is 2.15 bits per heavy atom. The summed E-state index contributed by atoms with van der Waals surface area (Å²) in [6, 6.07) is 10.2. The van der Waals surface area contributed by atoms with Crippen LogP contribution in [0.3, 0.4) is 0 Å². The van der Waals surface area contributed by atoms with E-state index in [0.29, 0.717) is 17.8 Å². The van der Waals surface area contributed by atoms with E-state index in [4.69, 9.17) is 23.2 Å². The zero-order chi connectivity index (χ0) is 24.1. The zero-order valence-electron chi connectivity index (χ0n) is 17.6. The molecule has 0 aliphatic rings. The normalized spacial score (nSPS) is 11.7. The molecule has 0 bridgehead atoms. The van der Waals surface area contributed by atoms with Crippen molar-refractivity contribution in [1.82, 2.24) is 0 Å². The van der Waals surface area contributed by atoms with Crippen molar-refractivity contribution in [2.24, 2.45) is 0 Å². The number of carboxylic acid groups (broad SMARTS) is 1. The molecule has 0 heterocycles. The van der Waals surface area contributed by atoms with Crippen LogP contribution in [0, 0.1) is 0 Å². The molecule has 3 aromatic rings. The summed E-state index contributed by atoms with van der Waals surface area (Å²) in [6.07, 6.45) is 0.790. The highest BCUT2D eigenvalue weighted by molar-refractivity contribution is 6.40. The van der Waals surface area contributed by atoms with E-state index in [1.165, 1.54) is 0 Å². The van der Waals surface area contributed by atoms with Crippen molar-refractivity contribution in [3.8, 4) is 0 Å². The molecule has 1 unspecified atom stereocenters. The lowest BCUT2D eigenvalue weighted by Gasteiger charge is -2.20. The number of carboxylic acids is 1. The molecule has 0 saturated heterocycles. The fourth-order valence-corrected chi connectivity index (χ4v) is 3.76. The van der Waals surface area contributed by atoms with Crippen molar-refractivity contribution in [2.45, 2.75) is 25.8 Å². The van der Waals surface area contributed by atoms with Gasteiger partial charge in [0.15, 0.2) is 0 Å². The molecule has 0 fully saturated rings. The van der Waals surface area contributed by atoms with Gasteiger partial charge in [-0.15, -0.1) is 0 Å². The van der Waals surface area contributed by atoms with Crippen LogP contribution in [0.25, 0.3) is 0 Å². The third-order valence-electron chi connectivity index (χ3n) is 4.92. The number of hydrogen-bond donors (Lipinski definition) is 4. The van der Waals surface area contributed by atoms with Crippen molar-refractivity contribution in [3.63, 3.8) is 0 Å². The van der Waals surface area contributed by atoms with Crippen molar-refractivity contribution < 1.29 is 14.7 Å². The highest BCUT2D eigenvalue weighted by Crippen LogP contribution is 2.25. The van der Waals surface area contributed by atoms with E-state index in [0.717, 1.165) is 6.42 Å². The van der Waals surface area contributed by atoms with E-state index in [1.807, 2.05) is 6.92 Å². The van der Waals surface area contributed by atoms with Crippen LogP contribution in [0.1, 0.15) is 29.3 Å². The minimum atomic E-state index is -1.17. The Morgan fingerprint density at radius 1 is 0.970 bits per heavy atom. The summed E-state index contributed by atoms with van der Waals surface area (Å²) in [6.45, 7) is 2.39. The monoisotopic (exact) mass is 489 g/mol. The average molecular weight is 490 g/mol. The van der Waals surface area contributed by atoms with Crippen LogP contribution in [-0.2, 0) is 11.2 Å². The topological polar surface area (TPSA) is 125 Å². The van der Waals surface area contributed by atoms with Crippen LogP contribution in [0.2, 0.25) is 10.0 Å². The predicted molar refractivity (Wildman–Crippen MR) is 130 cm³/mol. The number of benzene rings is 2. The summed E-state index contributed by atoms with van der Waals surface area (Å²) in [5.74, 6) is -1.65. The summed E-state index contributed by atoms with van der Waals surface area (Å²) in [7, 11) is 0. The molecule has 0 saturated carbocycles. The van der Waals surface area contributed by atoms with Crippen LogP contribution < -0.4 is 26.8 Å². The summed E-state index contributed by atoms with van der Waals surface area (Å²) in [5, 5.41) is 18.2. The van der Waals surface area contributed by atoms with Gasteiger partial charge in [0.2, 0.25) is 0 Å². The first-order valence-electron chi connectivity index (χ1n) is 10.1. The summed E-state index contributed by atoms with van der Waals surface area (Å²) >= 11 is 12.1. The minimum absolute atomic E-state index is 0.0126. The molecule has 0 aromatic heterocycles. The maximum atomic E-state index is 12.5. The highest BCUT2D eigenvalue weighted by Gasteiger charge is 2.26. The molecule has 0 aliphatic carbocycles. The van der Waals surface area contributed by atoms with Gasteiger partial charge in [-0.3, -0.25) is 14.4 Å². The van der Waals surface area contributed by atoms with Gasteiger partial charge >= 0.3 is 5.97 Å². The lowest BCUT2D eigenvalue weighted by molar-refractivity contribution is -0.137. The van der Waals surface area contributed by atoms with E-state index >= 15 is 0 Å². The SMILES string of the molecule is CCCNc1c(NC(Cc2ccc(NC(=O)c3c(Cl)cccc3Cl)cc2)C(=O)O)c(=O)c1=O. The number of nitrogens with one attached hydrogen (secondary N) is 3. The van der Waals surface area contributed by atoms with Crippen LogP contribution in [0.5, 0.6) is 0 Å². The molecular formula is C23H21Cl2N3O5. The third-order valence-corrected chi connectivity index (χ3v) is 5.55. The summed E-state index contributed by atoms with van der Waals surface area (Å²) in [5.41, 5.74) is -0.0326. The van der Waals surface area contributed by atoms with Crippen LogP contribution in [0.15, 0.2) is 52.1 Å². The molecule has 4 N–H and O–H groups in total. The molecule has 1 atom stereocenters. The molecule has 1 amide bonds. The lowest BCUT2D eigenvalue weighted by Crippen LogP contribution is -2.42. The molecule has 33 heavy (non-hydrogen) atoms. The average Bonchev–Trinajstić information content (AvgIpc) is 2.78. The number of halogens is 2. The number of hydrogen-bond acceptors (Lipinski definition) is 6. The van der Waals surface area contributed by atoms with Crippen molar-refractivity contribution >= 4 is 52.1 Å². The third kappa shape index (κ3) is 5.53. The second kappa shape index (κ2) is 10.5. The van der Waals surface area contributed by atoms with Gasteiger partial charge in [0.25, 0.3) is 16.8 Å². The Labute approximate surface area is 199 Å². The molecule has 10 heteroatoms. The van der Waals surface area contributed by atoms with Crippen LogP contribution in [0.4, 0.5) is 17.1 Å². The van der Waals surface area contributed by atoms with Crippen LogP contribution in [-0.4, -0.2) is 29.6 Å². The van der Waals surface area contributed by atoms with E-state index < -0.39 is 28.8 Å². The number of aliphatic carboxylic acids is 1. The molecule has 0 spiro atoms. The lowest BCUT2D eigenvalue weighted by atomic mass is 10.0. The summed E-state index contributed by atoms with van der Waals surface area (Å²) in [4.78, 5) is 47.9. The Kier molecular flexibility index (Phi) is 7.73. The fourth-order valence-electron chi connectivity index (χ4n) is 3.19. The van der Waals surface area contributed by atoms with E-state index in [9.17, 15) is 24.3 Å². The Morgan fingerprint density at radius 2 is 1.58 bits per heavy atom. The zero-order valence-corrected chi connectivity index (χ0v) is 19.1. The number of anilines is 3. The Bertz CT molecular complexity index is 1230. The van der Waals surface area contributed by atoms with E-state index in [2.05, 4.69) is 16.0 Å². The number of carbonyl (C=O) groups is 2. The predicted octanol–water partition coefficient (Wildman–Crippen LogP) is 3.77. The Balaban J connectivity index is 1.69. The van der Waals surface area contributed by atoms with Crippen molar-refractivity contribution in [3.05, 3.63) is 84.1 Å². The maximum absolute atomic E-state index is 12.5. The number of carbonyl (C=O) groups excluding carboxylic acids is 1. The van der Waals surface area contributed by atoms with Crippen LogP contribution >= 0.6 is 23.2 Å². The quantitative estimate of drug-likeness (QED) is 0.319. The first-order valence-corrected chi connectivity index (χ1v) is 10.9. The second-order valence-corrected chi connectivity index (χ2v) is 8.14. The molecule has 172 valence electrons. The van der Waals surface area contributed by atoms with Gasteiger partial charge in [-0.2, -0.15) is 0 Å². The largest absolute Gasteiger partial charge is 0.480 e. The standard InChI is InChI=1S/C23H21Cl2N3O5/c1-2-10-26-18-19(21(30)20(18)29)28-16(23(32)33)11-12-6-8-13(9-7-12)27-22(31)17-14(24)4-3-5-15(17)25/h3-9,16,26,28H,2,10-11H2,1H3,(H,27,31)(H,32,33). The Hall–Kier alpha value is -3.36. The molecular weight excluding hydrogens is 469 g/mol.